The van der Waals surface area contributed by atoms with Gasteiger partial charge in [0, 0.05) is 58.3 Å². The fourth-order valence-corrected chi connectivity index (χ4v) is 6.55. The van der Waals surface area contributed by atoms with Crippen molar-refractivity contribution >= 4 is 65.5 Å². The fraction of sp³-hybridized carbons (Fsp3) is 0.167. The zero-order chi connectivity index (χ0) is 34.2. The summed E-state index contributed by atoms with van der Waals surface area (Å²) in [5.74, 6) is 0.304. The van der Waals surface area contributed by atoms with Crippen molar-refractivity contribution in [2.75, 3.05) is 14.2 Å². The SMILES string of the molecule is COc1ccc(CNCc2c[nH]c3c(C(=O)O)ccc(Br)c23)cc1.COc1ccc(CNCc2c[nH]c3c(C(N)=O)ccc(Br)c23)cc1. The zero-order valence-electron chi connectivity index (χ0n) is 26.3. The summed E-state index contributed by atoms with van der Waals surface area (Å²) in [4.78, 5) is 29.1. The molecule has 0 fully saturated rings. The Hall–Kier alpha value is -4.62. The van der Waals surface area contributed by atoms with Crippen molar-refractivity contribution in [2.24, 2.45) is 5.73 Å². The minimum Gasteiger partial charge on any atom is -0.497 e. The minimum atomic E-state index is -0.938. The molecule has 0 spiro atoms. The van der Waals surface area contributed by atoms with Gasteiger partial charge in [-0.15, -0.1) is 0 Å². The van der Waals surface area contributed by atoms with Gasteiger partial charge in [-0.3, -0.25) is 4.79 Å². The van der Waals surface area contributed by atoms with Crippen LogP contribution in [-0.2, 0) is 26.2 Å². The van der Waals surface area contributed by atoms with Crippen LogP contribution >= 0.6 is 31.9 Å². The molecule has 0 aliphatic heterocycles. The molecule has 0 saturated carbocycles. The molecule has 7 N–H and O–H groups in total. The summed E-state index contributed by atoms with van der Waals surface area (Å²) in [7, 11) is 3.30. The molecular weight excluding hydrogens is 742 g/mol. The van der Waals surface area contributed by atoms with Crippen LogP contribution < -0.4 is 25.8 Å². The molecule has 10 nitrogen and oxygen atoms in total. The van der Waals surface area contributed by atoms with Crippen LogP contribution in [0.3, 0.4) is 0 Å². The molecule has 4 aromatic carbocycles. The maximum absolute atomic E-state index is 11.5. The summed E-state index contributed by atoms with van der Waals surface area (Å²) in [6.07, 6.45) is 3.76. The lowest BCUT2D eigenvalue weighted by Crippen LogP contribution is -2.13. The molecule has 2 heterocycles. The number of hydrogen-bond acceptors (Lipinski definition) is 6. The summed E-state index contributed by atoms with van der Waals surface area (Å²) < 4.78 is 12.1. The first-order valence-electron chi connectivity index (χ1n) is 15.0. The number of H-pyrrole nitrogens is 2. The minimum absolute atomic E-state index is 0.273. The number of carboxylic acids is 1. The van der Waals surface area contributed by atoms with Gasteiger partial charge in [-0.1, -0.05) is 56.1 Å². The number of rotatable bonds is 12. The number of primary amides is 1. The Morgan fingerprint density at radius 1 is 0.667 bits per heavy atom. The summed E-state index contributed by atoms with van der Waals surface area (Å²) in [5, 5.41) is 18.0. The average molecular weight is 778 g/mol. The van der Waals surface area contributed by atoms with E-state index in [2.05, 4.69) is 52.5 Å². The highest BCUT2D eigenvalue weighted by molar-refractivity contribution is 9.11. The van der Waals surface area contributed by atoms with Crippen molar-refractivity contribution in [1.29, 1.82) is 0 Å². The first-order chi connectivity index (χ1) is 23.2. The van der Waals surface area contributed by atoms with E-state index in [1.807, 2.05) is 67.0 Å². The molecule has 48 heavy (non-hydrogen) atoms. The summed E-state index contributed by atoms with van der Waals surface area (Å²) in [6, 6.07) is 22.8. The van der Waals surface area contributed by atoms with Gasteiger partial charge in [0.2, 0.25) is 0 Å². The number of ether oxygens (including phenoxy) is 2. The van der Waals surface area contributed by atoms with Crippen molar-refractivity contribution in [1.82, 2.24) is 20.6 Å². The van der Waals surface area contributed by atoms with E-state index < -0.39 is 11.9 Å². The van der Waals surface area contributed by atoms with Crippen molar-refractivity contribution in [3.63, 3.8) is 0 Å². The van der Waals surface area contributed by atoms with Gasteiger partial charge in [0.15, 0.2) is 0 Å². The maximum Gasteiger partial charge on any atom is 0.337 e. The van der Waals surface area contributed by atoms with Crippen molar-refractivity contribution in [3.8, 4) is 11.5 Å². The third kappa shape index (κ3) is 8.08. The number of carboxylic acid groups (broad SMARTS) is 1. The first-order valence-corrected chi connectivity index (χ1v) is 16.6. The van der Waals surface area contributed by atoms with Gasteiger partial charge in [0.05, 0.1) is 36.4 Å². The van der Waals surface area contributed by atoms with E-state index in [-0.39, 0.29) is 5.56 Å². The van der Waals surface area contributed by atoms with Crippen molar-refractivity contribution in [3.05, 3.63) is 128 Å². The number of aromatic nitrogens is 2. The molecule has 248 valence electrons. The van der Waals surface area contributed by atoms with Crippen LogP contribution in [0.4, 0.5) is 0 Å². The maximum atomic E-state index is 11.5. The Labute approximate surface area is 294 Å². The molecule has 2 aromatic heterocycles. The molecule has 0 saturated heterocycles. The number of nitrogens with one attached hydrogen (secondary N) is 4. The normalized spacial score (nSPS) is 10.9. The second-order valence-electron chi connectivity index (χ2n) is 10.9. The lowest BCUT2D eigenvalue weighted by molar-refractivity contribution is 0.0698. The number of hydrogen-bond donors (Lipinski definition) is 6. The standard InChI is InChI=1S/C18H18BrN3O2.C18H17BrN2O3/c1-24-13-4-2-11(3-5-13)8-21-9-12-10-22-17-14(18(20)23)6-7-15(19)16(12)17;1-24-13-4-2-11(3-5-13)8-20-9-12-10-21-17-14(18(22)23)6-7-15(19)16(12)17/h2-7,10,21-22H,8-9H2,1H3,(H2,20,23);2-7,10,20-21H,8-9H2,1H3,(H,22,23). The number of aromatic amines is 2. The molecule has 0 aliphatic rings. The van der Waals surface area contributed by atoms with Gasteiger partial charge in [0.1, 0.15) is 11.5 Å². The van der Waals surface area contributed by atoms with Crippen LogP contribution in [0.25, 0.3) is 21.8 Å². The van der Waals surface area contributed by atoms with E-state index in [1.165, 1.54) is 5.56 Å². The van der Waals surface area contributed by atoms with E-state index >= 15 is 0 Å². The van der Waals surface area contributed by atoms with Crippen molar-refractivity contribution < 1.29 is 24.2 Å². The van der Waals surface area contributed by atoms with Gasteiger partial charge < -0.3 is 40.9 Å². The third-order valence-corrected chi connectivity index (χ3v) is 9.16. The highest BCUT2D eigenvalue weighted by atomic mass is 79.9. The highest BCUT2D eigenvalue weighted by Crippen LogP contribution is 2.31. The van der Waals surface area contributed by atoms with Crippen LogP contribution in [-0.4, -0.2) is 41.2 Å². The largest absolute Gasteiger partial charge is 0.497 e. The number of halogens is 2. The summed E-state index contributed by atoms with van der Waals surface area (Å²) >= 11 is 7.06. The number of carbonyl (C=O) groups excluding carboxylic acids is 1. The molecule has 0 radical (unpaired) electrons. The number of amides is 1. The third-order valence-electron chi connectivity index (χ3n) is 7.84. The van der Waals surface area contributed by atoms with Gasteiger partial charge in [-0.2, -0.15) is 0 Å². The molecule has 0 bridgehead atoms. The van der Waals surface area contributed by atoms with Gasteiger partial charge in [-0.25, -0.2) is 4.79 Å². The topological polar surface area (TPSA) is 154 Å². The van der Waals surface area contributed by atoms with Gasteiger partial charge in [0.25, 0.3) is 5.91 Å². The van der Waals surface area contributed by atoms with Gasteiger partial charge >= 0.3 is 5.97 Å². The molecule has 0 atom stereocenters. The van der Waals surface area contributed by atoms with Crippen LogP contribution in [0, 0.1) is 0 Å². The number of nitrogens with two attached hydrogens (primary N) is 1. The number of fused-ring (bicyclic) bond motifs is 2. The lowest BCUT2D eigenvalue weighted by Gasteiger charge is -2.07. The number of aromatic carboxylic acids is 1. The Balaban J connectivity index is 0.000000188. The predicted octanol–water partition coefficient (Wildman–Crippen LogP) is 7.25. The summed E-state index contributed by atoms with van der Waals surface area (Å²) in [6.45, 7) is 2.76. The fourth-order valence-electron chi connectivity index (χ4n) is 5.38. The smallest absolute Gasteiger partial charge is 0.337 e. The van der Waals surface area contributed by atoms with E-state index in [1.54, 1.807) is 32.4 Å². The number of methoxy groups -OCH3 is 2. The summed E-state index contributed by atoms with van der Waals surface area (Å²) in [5.41, 5.74) is 12.0. The highest BCUT2D eigenvalue weighted by Gasteiger charge is 2.16. The Morgan fingerprint density at radius 2 is 1.08 bits per heavy atom. The predicted molar refractivity (Wildman–Crippen MR) is 195 cm³/mol. The second-order valence-corrected chi connectivity index (χ2v) is 12.6. The van der Waals surface area contributed by atoms with E-state index in [9.17, 15) is 14.7 Å². The van der Waals surface area contributed by atoms with Crippen LogP contribution in [0.15, 0.2) is 94.1 Å². The Kier molecular flexibility index (Phi) is 11.6. The van der Waals surface area contributed by atoms with Crippen LogP contribution in [0.5, 0.6) is 11.5 Å². The molecule has 6 aromatic rings. The molecule has 1 amide bonds. The molecule has 0 aliphatic carbocycles. The van der Waals surface area contributed by atoms with Gasteiger partial charge in [-0.05, 0) is 70.8 Å². The Morgan fingerprint density at radius 3 is 1.48 bits per heavy atom. The first kappa shape index (κ1) is 34.7. The van der Waals surface area contributed by atoms with Crippen LogP contribution in [0.2, 0.25) is 0 Å². The van der Waals surface area contributed by atoms with E-state index in [4.69, 9.17) is 15.2 Å². The quantitative estimate of drug-likeness (QED) is 0.0765. The van der Waals surface area contributed by atoms with Crippen LogP contribution in [0.1, 0.15) is 43.0 Å². The molecule has 12 heteroatoms. The monoisotopic (exact) mass is 775 g/mol. The van der Waals surface area contributed by atoms with Crippen molar-refractivity contribution in [2.45, 2.75) is 26.2 Å². The van der Waals surface area contributed by atoms with E-state index in [0.29, 0.717) is 30.7 Å². The lowest BCUT2D eigenvalue weighted by atomic mass is 10.1. The van der Waals surface area contributed by atoms with E-state index in [0.717, 1.165) is 60.0 Å². The Bertz CT molecular complexity index is 1890. The molecule has 6 rings (SSSR count). The number of benzene rings is 4. The number of carbonyl (C=O) groups is 2. The second kappa shape index (κ2) is 16.0. The average Bonchev–Trinajstić information content (AvgIpc) is 3.72. The molecular formula is C36H35Br2N5O5. The molecule has 0 unspecified atom stereocenters. The zero-order valence-corrected chi connectivity index (χ0v) is 29.5.